The Balaban J connectivity index is 2.46. The van der Waals surface area contributed by atoms with Crippen LogP contribution < -0.4 is 5.32 Å². The molecule has 1 fully saturated rings. The molecule has 1 amide bonds. The normalized spacial score (nSPS) is 22.7. The zero-order chi connectivity index (χ0) is 9.90. The minimum atomic E-state index is -0.177. The lowest BCUT2D eigenvalue weighted by atomic mass is 9.87. The van der Waals surface area contributed by atoms with E-state index in [-0.39, 0.29) is 24.0 Å². The maximum absolute atomic E-state index is 11.7. The van der Waals surface area contributed by atoms with Gasteiger partial charge in [-0.15, -0.1) is 0 Å². The highest BCUT2D eigenvalue weighted by molar-refractivity contribution is 5.82. The van der Waals surface area contributed by atoms with Gasteiger partial charge in [0.25, 0.3) is 0 Å². The van der Waals surface area contributed by atoms with E-state index < -0.39 is 0 Å². The topological polar surface area (TPSA) is 49.3 Å². The van der Waals surface area contributed by atoms with Crippen molar-refractivity contribution in [2.45, 2.75) is 45.6 Å². The molecule has 1 atom stereocenters. The number of aliphatic hydroxyl groups is 1. The third kappa shape index (κ3) is 2.44. The summed E-state index contributed by atoms with van der Waals surface area (Å²) in [5, 5.41) is 11.6. The Kier molecular flexibility index (Phi) is 3.31. The molecule has 1 aliphatic rings. The van der Waals surface area contributed by atoms with Gasteiger partial charge in [-0.05, 0) is 19.8 Å². The van der Waals surface area contributed by atoms with Crippen LogP contribution in [0.15, 0.2) is 0 Å². The standard InChI is InChI=1S/C10H19NO2/c1-8(7-12)11-9(13)10(2)5-3-4-6-10/h8,12H,3-7H2,1-2H3,(H,11,13)/t8-/m1/s1. The molecule has 13 heavy (non-hydrogen) atoms. The maximum Gasteiger partial charge on any atom is 0.226 e. The highest BCUT2D eigenvalue weighted by Crippen LogP contribution is 2.37. The van der Waals surface area contributed by atoms with Crippen molar-refractivity contribution in [2.24, 2.45) is 5.41 Å². The molecule has 0 bridgehead atoms. The van der Waals surface area contributed by atoms with E-state index in [1.807, 2.05) is 13.8 Å². The van der Waals surface area contributed by atoms with Crippen LogP contribution in [0.5, 0.6) is 0 Å². The summed E-state index contributed by atoms with van der Waals surface area (Å²) < 4.78 is 0. The Morgan fingerprint density at radius 3 is 2.54 bits per heavy atom. The summed E-state index contributed by atoms with van der Waals surface area (Å²) in [7, 11) is 0. The fourth-order valence-electron chi connectivity index (χ4n) is 1.83. The first-order valence-corrected chi connectivity index (χ1v) is 5.00. The molecule has 1 rings (SSSR count). The molecule has 2 N–H and O–H groups in total. The van der Waals surface area contributed by atoms with Gasteiger partial charge in [-0.25, -0.2) is 0 Å². The molecule has 0 aromatic carbocycles. The quantitative estimate of drug-likeness (QED) is 0.691. The summed E-state index contributed by atoms with van der Waals surface area (Å²) in [5.74, 6) is 0.103. The second-order valence-electron chi connectivity index (χ2n) is 4.32. The van der Waals surface area contributed by atoms with Crippen molar-refractivity contribution in [1.29, 1.82) is 0 Å². The van der Waals surface area contributed by atoms with Gasteiger partial charge in [-0.1, -0.05) is 19.8 Å². The predicted molar refractivity (Wildman–Crippen MR) is 51.3 cm³/mol. The number of hydrogen-bond donors (Lipinski definition) is 2. The monoisotopic (exact) mass is 185 g/mol. The largest absolute Gasteiger partial charge is 0.394 e. The van der Waals surface area contributed by atoms with Crippen LogP contribution in [-0.2, 0) is 4.79 Å². The fourth-order valence-corrected chi connectivity index (χ4v) is 1.83. The van der Waals surface area contributed by atoms with Gasteiger partial charge in [0, 0.05) is 11.5 Å². The van der Waals surface area contributed by atoms with E-state index in [9.17, 15) is 4.79 Å². The summed E-state index contributed by atoms with van der Waals surface area (Å²) in [5.41, 5.74) is -0.177. The summed E-state index contributed by atoms with van der Waals surface area (Å²) in [4.78, 5) is 11.7. The summed E-state index contributed by atoms with van der Waals surface area (Å²) in [6.45, 7) is 3.84. The summed E-state index contributed by atoms with van der Waals surface area (Å²) >= 11 is 0. The van der Waals surface area contributed by atoms with E-state index in [1.54, 1.807) is 0 Å². The summed E-state index contributed by atoms with van der Waals surface area (Å²) in [6.07, 6.45) is 4.27. The lowest BCUT2D eigenvalue weighted by Gasteiger charge is -2.24. The minimum absolute atomic E-state index is 0.0157. The first kappa shape index (κ1) is 10.5. The number of aliphatic hydroxyl groups excluding tert-OH is 1. The SMILES string of the molecule is C[C@H](CO)NC(=O)C1(C)CCCC1. The Morgan fingerprint density at radius 1 is 1.54 bits per heavy atom. The molecule has 0 radical (unpaired) electrons. The second-order valence-corrected chi connectivity index (χ2v) is 4.32. The molecule has 0 saturated heterocycles. The van der Waals surface area contributed by atoms with Crippen molar-refractivity contribution < 1.29 is 9.90 Å². The van der Waals surface area contributed by atoms with Crippen LogP contribution in [0.2, 0.25) is 0 Å². The third-order valence-electron chi connectivity index (χ3n) is 2.91. The molecule has 1 saturated carbocycles. The van der Waals surface area contributed by atoms with Crippen LogP contribution in [-0.4, -0.2) is 23.7 Å². The first-order valence-electron chi connectivity index (χ1n) is 5.00. The molecule has 3 nitrogen and oxygen atoms in total. The number of nitrogens with one attached hydrogen (secondary N) is 1. The fraction of sp³-hybridized carbons (Fsp3) is 0.900. The second kappa shape index (κ2) is 4.09. The summed E-state index contributed by atoms with van der Waals surface area (Å²) in [6, 6.07) is -0.120. The van der Waals surface area contributed by atoms with Crippen molar-refractivity contribution in [3.8, 4) is 0 Å². The Hall–Kier alpha value is -0.570. The molecule has 1 aliphatic carbocycles. The smallest absolute Gasteiger partial charge is 0.226 e. The highest BCUT2D eigenvalue weighted by atomic mass is 16.3. The van der Waals surface area contributed by atoms with Gasteiger partial charge in [0.2, 0.25) is 5.91 Å². The lowest BCUT2D eigenvalue weighted by Crippen LogP contribution is -2.43. The number of amides is 1. The van der Waals surface area contributed by atoms with Crippen molar-refractivity contribution >= 4 is 5.91 Å². The number of carbonyl (C=O) groups is 1. The number of hydrogen-bond acceptors (Lipinski definition) is 2. The highest BCUT2D eigenvalue weighted by Gasteiger charge is 2.36. The van der Waals surface area contributed by atoms with Crippen molar-refractivity contribution in [3.63, 3.8) is 0 Å². The average Bonchev–Trinajstić information content (AvgIpc) is 2.53. The molecule has 76 valence electrons. The van der Waals surface area contributed by atoms with Gasteiger partial charge >= 0.3 is 0 Å². The van der Waals surface area contributed by atoms with E-state index in [0.717, 1.165) is 25.7 Å². The van der Waals surface area contributed by atoms with Gasteiger partial charge in [0.15, 0.2) is 0 Å². The van der Waals surface area contributed by atoms with Crippen LogP contribution in [0, 0.1) is 5.41 Å². The lowest BCUT2D eigenvalue weighted by molar-refractivity contribution is -0.130. The van der Waals surface area contributed by atoms with Crippen LogP contribution in [0.4, 0.5) is 0 Å². The molecule has 0 aromatic rings. The van der Waals surface area contributed by atoms with E-state index in [2.05, 4.69) is 5.32 Å². The van der Waals surface area contributed by atoms with Gasteiger partial charge in [-0.3, -0.25) is 4.79 Å². The van der Waals surface area contributed by atoms with Crippen molar-refractivity contribution in [1.82, 2.24) is 5.32 Å². The predicted octanol–water partition coefficient (Wildman–Crippen LogP) is 1.06. The van der Waals surface area contributed by atoms with E-state index in [4.69, 9.17) is 5.11 Å². The van der Waals surface area contributed by atoms with Crippen LogP contribution in [0.1, 0.15) is 39.5 Å². The Labute approximate surface area is 79.5 Å². The van der Waals surface area contributed by atoms with Crippen LogP contribution in [0.3, 0.4) is 0 Å². The van der Waals surface area contributed by atoms with Gasteiger partial charge in [-0.2, -0.15) is 0 Å². The van der Waals surface area contributed by atoms with Crippen molar-refractivity contribution in [2.75, 3.05) is 6.61 Å². The van der Waals surface area contributed by atoms with E-state index >= 15 is 0 Å². The minimum Gasteiger partial charge on any atom is -0.394 e. The molecule has 3 heteroatoms. The van der Waals surface area contributed by atoms with Crippen LogP contribution in [0.25, 0.3) is 0 Å². The Morgan fingerprint density at radius 2 is 2.08 bits per heavy atom. The molecule has 0 heterocycles. The third-order valence-corrected chi connectivity index (χ3v) is 2.91. The van der Waals surface area contributed by atoms with Crippen molar-refractivity contribution in [3.05, 3.63) is 0 Å². The average molecular weight is 185 g/mol. The molecule has 0 aliphatic heterocycles. The zero-order valence-corrected chi connectivity index (χ0v) is 8.47. The molecular formula is C10H19NO2. The van der Waals surface area contributed by atoms with E-state index in [0.29, 0.717) is 0 Å². The van der Waals surface area contributed by atoms with E-state index in [1.165, 1.54) is 0 Å². The van der Waals surface area contributed by atoms with Gasteiger partial charge < -0.3 is 10.4 Å². The molecule has 0 aromatic heterocycles. The zero-order valence-electron chi connectivity index (χ0n) is 8.47. The molecular weight excluding hydrogens is 166 g/mol. The van der Waals surface area contributed by atoms with Gasteiger partial charge in [0.1, 0.15) is 0 Å². The first-order chi connectivity index (χ1) is 6.08. The molecule has 0 spiro atoms. The molecule has 0 unspecified atom stereocenters. The Bertz CT molecular complexity index is 185. The number of rotatable bonds is 3. The number of carbonyl (C=O) groups excluding carboxylic acids is 1. The van der Waals surface area contributed by atoms with Gasteiger partial charge in [0.05, 0.1) is 6.61 Å². The van der Waals surface area contributed by atoms with Crippen LogP contribution >= 0.6 is 0 Å². The maximum atomic E-state index is 11.7.